The molecule has 2 aromatic rings. The van der Waals surface area contributed by atoms with E-state index in [0.29, 0.717) is 15.9 Å². The third-order valence-corrected chi connectivity index (χ3v) is 3.26. The van der Waals surface area contributed by atoms with Gasteiger partial charge < -0.3 is 10.1 Å². The first-order valence-corrected chi connectivity index (χ1v) is 6.83. The first kappa shape index (κ1) is 14.5. The van der Waals surface area contributed by atoms with E-state index in [9.17, 15) is 9.18 Å². The van der Waals surface area contributed by atoms with Crippen LogP contribution in [0.5, 0.6) is 5.75 Å². The van der Waals surface area contributed by atoms with Crippen LogP contribution in [0.2, 0.25) is 0 Å². The fraction of sp³-hybridized carbons (Fsp3) is 0.133. The minimum Gasteiger partial charge on any atom is -0.481 e. The monoisotopic (exact) mass is 337 g/mol. The largest absolute Gasteiger partial charge is 0.481 e. The summed E-state index contributed by atoms with van der Waals surface area (Å²) in [7, 11) is 0. The summed E-state index contributed by atoms with van der Waals surface area (Å²) in [5.74, 6) is -0.417. The number of anilines is 1. The van der Waals surface area contributed by atoms with E-state index in [4.69, 9.17) is 4.74 Å². The Labute approximate surface area is 124 Å². The molecule has 0 heterocycles. The van der Waals surface area contributed by atoms with Gasteiger partial charge in [0.25, 0.3) is 5.91 Å². The van der Waals surface area contributed by atoms with Crippen LogP contribution in [0.4, 0.5) is 10.1 Å². The van der Waals surface area contributed by atoms with Crippen molar-refractivity contribution in [2.24, 2.45) is 0 Å². The Kier molecular flexibility index (Phi) is 4.74. The lowest BCUT2D eigenvalue weighted by Crippen LogP contribution is -2.30. The second-order valence-electron chi connectivity index (χ2n) is 4.19. The third-order valence-electron chi connectivity index (χ3n) is 2.61. The number of nitrogens with one attached hydrogen (secondary N) is 1. The minimum absolute atomic E-state index is 0.292. The zero-order chi connectivity index (χ0) is 14.5. The van der Waals surface area contributed by atoms with Gasteiger partial charge in [0.05, 0.1) is 4.47 Å². The molecule has 0 saturated heterocycles. The maximum atomic E-state index is 13.4. The van der Waals surface area contributed by atoms with Crippen LogP contribution in [0.15, 0.2) is 53.0 Å². The fourth-order valence-electron chi connectivity index (χ4n) is 1.57. The molecule has 20 heavy (non-hydrogen) atoms. The molecule has 0 aromatic heterocycles. The lowest BCUT2D eigenvalue weighted by atomic mass is 10.3. The smallest absolute Gasteiger partial charge is 0.265 e. The highest BCUT2D eigenvalue weighted by Gasteiger charge is 2.15. The predicted octanol–water partition coefficient (Wildman–Crippen LogP) is 3.99. The van der Waals surface area contributed by atoms with Gasteiger partial charge in [-0.05, 0) is 47.1 Å². The second kappa shape index (κ2) is 6.52. The lowest BCUT2D eigenvalue weighted by Gasteiger charge is -2.15. The van der Waals surface area contributed by atoms with Gasteiger partial charge in [-0.3, -0.25) is 4.79 Å². The lowest BCUT2D eigenvalue weighted by molar-refractivity contribution is -0.122. The summed E-state index contributed by atoms with van der Waals surface area (Å²) in [5, 5.41) is 2.72. The van der Waals surface area contributed by atoms with Gasteiger partial charge in [-0.2, -0.15) is 0 Å². The molecule has 0 saturated carbocycles. The Morgan fingerprint density at radius 3 is 2.60 bits per heavy atom. The maximum Gasteiger partial charge on any atom is 0.265 e. The highest BCUT2D eigenvalue weighted by atomic mass is 79.9. The average molecular weight is 338 g/mol. The van der Waals surface area contributed by atoms with Crippen LogP contribution in [0.3, 0.4) is 0 Å². The molecular weight excluding hydrogens is 325 g/mol. The summed E-state index contributed by atoms with van der Waals surface area (Å²) < 4.78 is 19.1. The molecule has 0 spiro atoms. The molecule has 2 rings (SSSR count). The van der Waals surface area contributed by atoms with Crippen LogP contribution < -0.4 is 10.1 Å². The Morgan fingerprint density at radius 1 is 1.25 bits per heavy atom. The zero-order valence-corrected chi connectivity index (χ0v) is 12.4. The van der Waals surface area contributed by atoms with E-state index in [1.165, 1.54) is 12.1 Å². The van der Waals surface area contributed by atoms with Crippen LogP contribution in [0, 0.1) is 5.82 Å². The van der Waals surface area contributed by atoms with Crippen molar-refractivity contribution in [1.82, 2.24) is 0 Å². The number of amides is 1. The summed E-state index contributed by atoms with van der Waals surface area (Å²) in [5.41, 5.74) is 0.690. The van der Waals surface area contributed by atoms with Gasteiger partial charge >= 0.3 is 0 Å². The number of carbonyl (C=O) groups excluding carboxylic acids is 1. The predicted molar refractivity (Wildman–Crippen MR) is 79.3 cm³/mol. The molecule has 0 aliphatic rings. The highest BCUT2D eigenvalue weighted by molar-refractivity contribution is 9.10. The van der Waals surface area contributed by atoms with Gasteiger partial charge in [0.1, 0.15) is 11.6 Å². The molecule has 1 atom stereocenters. The first-order chi connectivity index (χ1) is 9.56. The highest BCUT2D eigenvalue weighted by Crippen LogP contribution is 2.22. The molecule has 1 amide bonds. The van der Waals surface area contributed by atoms with Crippen LogP contribution in [-0.2, 0) is 4.79 Å². The Hall–Kier alpha value is -1.88. The first-order valence-electron chi connectivity index (χ1n) is 6.04. The number of carbonyl (C=O) groups is 1. The van der Waals surface area contributed by atoms with Crippen molar-refractivity contribution in [3.05, 3.63) is 58.8 Å². The number of ether oxygens (including phenoxy) is 1. The minimum atomic E-state index is -0.726. The van der Waals surface area contributed by atoms with E-state index in [2.05, 4.69) is 21.2 Å². The van der Waals surface area contributed by atoms with Crippen molar-refractivity contribution in [2.45, 2.75) is 13.0 Å². The molecule has 5 heteroatoms. The SMILES string of the molecule is CC(Oc1ccc(Br)c(F)c1)C(=O)Nc1ccccc1. The summed E-state index contributed by atoms with van der Waals surface area (Å²) in [6, 6.07) is 13.4. The van der Waals surface area contributed by atoms with Gasteiger partial charge in [-0.15, -0.1) is 0 Å². The molecule has 0 aliphatic carbocycles. The Bertz CT molecular complexity index is 604. The molecule has 0 bridgehead atoms. The average Bonchev–Trinajstić information content (AvgIpc) is 2.44. The van der Waals surface area contributed by atoms with Gasteiger partial charge in [0, 0.05) is 11.8 Å². The zero-order valence-electron chi connectivity index (χ0n) is 10.8. The molecule has 1 unspecified atom stereocenters. The standard InChI is InChI=1S/C15H13BrFNO2/c1-10(15(19)18-11-5-3-2-4-6-11)20-12-7-8-13(16)14(17)9-12/h2-10H,1H3,(H,18,19). The number of rotatable bonds is 4. The van der Waals surface area contributed by atoms with E-state index in [1.54, 1.807) is 25.1 Å². The van der Waals surface area contributed by atoms with Crippen LogP contribution in [-0.4, -0.2) is 12.0 Å². The number of para-hydroxylation sites is 1. The van der Waals surface area contributed by atoms with Gasteiger partial charge in [0.15, 0.2) is 6.10 Å². The summed E-state index contributed by atoms with van der Waals surface area (Å²) >= 11 is 3.06. The molecular formula is C15H13BrFNO2. The molecule has 3 nitrogen and oxygen atoms in total. The van der Waals surface area contributed by atoms with Crippen molar-refractivity contribution < 1.29 is 13.9 Å². The maximum absolute atomic E-state index is 13.4. The number of benzene rings is 2. The van der Waals surface area contributed by atoms with Crippen molar-refractivity contribution in [1.29, 1.82) is 0 Å². The normalized spacial score (nSPS) is 11.8. The van der Waals surface area contributed by atoms with E-state index >= 15 is 0 Å². The molecule has 1 N–H and O–H groups in total. The van der Waals surface area contributed by atoms with E-state index in [0.717, 1.165) is 0 Å². The summed E-state index contributed by atoms with van der Waals surface area (Å²) in [4.78, 5) is 11.9. The van der Waals surface area contributed by atoms with E-state index in [1.807, 2.05) is 18.2 Å². The van der Waals surface area contributed by atoms with Gasteiger partial charge in [-0.25, -0.2) is 4.39 Å². The second-order valence-corrected chi connectivity index (χ2v) is 5.05. The fourth-order valence-corrected chi connectivity index (χ4v) is 1.82. The van der Waals surface area contributed by atoms with E-state index < -0.39 is 11.9 Å². The molecule has 0 fully saturated rings. The van der Waals surface area contributed by atoms with Gasteiger partial charge in [-0.1, -0.05) is 18.2 Å². The summed E-state index contributed by atoms with van der Waals surface area (Å²) in [6.45, 7) is 1.61. The van der Waals surface area contributed by atoms with Crippen molar-refractivity contribution in [3.8, 4) is 5.75 Å². The van der Waals surface area contributed by atoms with Crippen LogP contribution >= 0.6 is 15.9 Å². The Balaban J connectivity index is 1.98. The van der Waals surface area contributed by atoms with E-state index in [-0.39, 0.29) is 5.91 Å². The Morgan fingerprint density at radius 2 is 1.95 bits per heavy atom. The van der Waals surface area contributed by atoms with Crippen LogP contribution in [0.25, 0.3) is 0 Å². The quantitative estimate of drug-likeness (QED) is 0.915. The van der Waals surface area contributed by atoms with Crippen molar-refractivity contribution in [2.75, 3.05) is 5.32 Å². The topological polar surface area (TPSA) is 38.3 Å². The van der Waals surface area contributed by atoms with Crippen molar-refractivity contribution in [3.63, 3.8) is 0 Å². The number of hydrogen-bond donors (Lipinski definition) is 1. The molecule has 104 valence electrons. The number of halogens is 2. The van der Waals surface area contributed by atoms with Gasteiger partial charge in [0.2, 0.25) is 0 Å². The third kappa shape index (κ3) is 3.81. The molecule has 0 aliphatic heterocycles. The number of hydrogen-bond acceptors (Lipinski definition) is 2. The summed E-state index contributed by atoms with van der Waals surface area (Å²) in [6.07, 6.45) is -0.726. The van der Waals surface area contributed by atoms with Crippen LogP contribution in [0.1, 0.15) is 6.92 Å². The van der Waals surface area contributed by atoms with Crippen molar-refractivity contribution >= 4 is 27.5 Å². The molecule has 2 aromatic carbocycles. The molecule has 0 radical (unpaired) electrons.